The first-order chi connectivity index (χ1) is 12.6. The number of fused-ring (bicyclic) bond motifs is 1. The number of hydrogen-bond acceptors (Lipinski definition) is 2. The molecular weight excluding hydrogens is 390 g/mol. The molecule has 1 aliphatic rings. The summed E-state index contributed by atoms with van der Waals surface area (Å²) >= 11 is 3.49. The highest BCUT2D eigenvalue weighted by Crippen LogP contribution is 2.46. The third-order valence-corrected chi connectivity index (χ3v) is 5.41. The molecule has 2 aromatic carbocycles. The molecule has 0 saturated carbocycles. The Labute approximate surface area is 163 Å². The molecule has 1 aliphatic heterocycles. The summed E-state index contributed by atoms with van der Waals surface area (Å²) in [7, 11) is 1.65. The van der Waals surface area contributed by atoms with E-state index in [-0.39, 0.29) is 5.91 Å². The molecule has 0 radical (unpaired) electrons. The Morgan fingerprint density at radius 2 is 1.88 bits per heavy atom. The second kappa shape index (κ2) is 7.50. The van der Waals surface area contributed by atoms with Crippen LogP contribution in [-0.2, 0) is 12.1 Å². The van der Waals surface area contributed by atoms with Gasteiger partial charge in [0.2, 0.25) is 0 Å². The number of methoxy groups -OCH3 is 1. The van der Waals surface area contributed by atoms with Gasteiger partial charge in [0, 0.05) is 16.6 Å². The second-order valence-corrected chi connectivity index (χ2v) is 7.37. The summed E-state index contributed by atoms with van der Waals surface area (Å²) in [5.41, 5.74) is 2.35. The van der Waals surface area contributed by atoms with Crippen LogP contribution in [-0.4, -0.2) is 17.9 Å². The number of ether oxygens (including phenoxy) is 1. The molecule has 0 saturated heterocycles. The fraction of sp³-hybridized carbons (Fsp3) is 0.227. The zero-order valence-electron chi connectivity index (χ0n) is 14.9. The molecule has 134 valence electrons. The molecule has 0 aromatic heterocycles. The Hall–Kier alpha value is -2.33. The summed E-state index contributed by atoms with van der Waals surface area (Å²) in [6.45, 7) is 8.37. The smallest absolute Gasteiger partial charge is 0.255 e. The average molecular weight is 412 g/mol. The molecule has 3 nitrogen and oxygen atoms in total. The van der Waals surface area contributed by atoms with E-state index in [9.17, 15) is 4.79 Å². The molecule has 1 heterocycles. The Kier molecular flexibility index (Phi) is 5.33. The first-order valence-corrected chi connectivity index (χ1v) is 9.31. The highest BCUT2D eigenvalue weighted by Gasteiger charge is 2.47. The van der Waals surface area contributed by atoms with Crippen LogP contribution in [0.2, 0.25) is 0 Å². The van der Waals surface area contributed by atoms with Crippen molar-refractivity contribution in [1.29, 1.82) is 0 Å². The van der Waals surface area contributed by atoms with Crippen LogP contribution < -0.4 is 4.74 Å². The fourth-order valence-corrected chi connectivity index (χ4v) is 4.12. The number of benzene rings is 2. The highest BCUT2D eigenvalue weighted by atomic mass is 79.9. The second-order valence-electron chi connectivity index (χ2n) is 6.45. The molecule has 1 amide bonds. The summed E-state index contributed by atoms with van der Waals surface area (Å²) in [4.78, 5) is 15.2. The number of halogens is 1. The molecule has 0 fully saturated rings. The molecule has 26 heavy (non-hydrogen) atoms. The average Bonchev–Trinajstić information content (AvgIpc) is 2.85. The van der Waals surface area contributed by atoms with Crippen LogP contribution in [0.3, 0.4) is 0 Å². The van der Waals surface area contributed by atoms with E-state index in [0.717, 1.165) is 26.9 Å². The van der Waals surface area contributed by atoms with Crippen LogP contribution in [0.1, 0.15) is 34.3 Å². The predicted molar refractivity (Wildman–Crippen MR) is 108 cm³/mol. The van der Waals surface area contributed by atoms with E-state index in [2.05, 4.69) is 29.1 Å². The van der Waals surface area contributed by atoms with E-state index < -0.39 is 5.54 Å². The predicted octanol–water partition coefficient (Wildman–Crippen LogP) is 5.46. The Morgan fingerprint density at radius 1 is 1.15 bits per heavy atom. The van der Waals surface area contributed by atoms with Crippen LogP contribution in [0.5, 0.6) is 5.75 Å². The third-order valence-electron chi connectivity index (χ3n) is 4.91. The summed E-state index contributed by atoms with van der Waals surface area (Å²) in [6.07, 6.45) is 5.10. The van der Waals surface area contributed by atoms with Gasteiger partial charge in [0.05, 0.1) is 12.6 Å². The normalized spacial score (nSPS) is 14.8. The van der Waals surface area contributed by atoms with Crippen molar-refractivity contribution in [2.75, 3.05) is 7.11 Å². The summed E-state index contributed by atoms with van der Waals surface area (Å²) < 4.78 is 6.23. The van der Waals surface area contributed by atoms with Gasteiger partial charge in [-0.2, -0.15) is 0 Å². The Morgan fingerprint density at radius 3 is 2.54 bits per heavy atom. The van der Waals surface area contributed by atoms with Crippen LogP contribution in [0, 0.1) is 0 Å². The van der Waals surface area contributed by atoms with Gasteiger partial charge in [-0.1, -0.05) is 46.3 Å². The zero-order chi connectivity index (χ0) is 18.7. The van der Waals surface area contributed by atoms with E-state index >= 15 is 0 Å². The molecular formula is C22H22BrNO2. The largest absolute Gasteiger partial charge is 0.497 e. The first-order valence-electron chi connectivity index (χ1n) is 8.52. The minimum Gasteiger partial charge on any atom is -0.497 e. The minimum absolute atomic E-state index is 0.0350. The SMILES string of the molecule is C=CCC1(CC=C)c2ccc(Br)cc2C(=O)N1Cc1cccc(OC)c1. The molecule has 3 rings (SSSR count). The van der Waals surface area contributed by atoms with Crippen LogP contribution in [0.15, 0.2) is 72.2 Å². The minimum atomic E-state index is -0.459. The quantitative estimate of drug-likeness (QED) is 0.565. The Balaban J connectivity index is 2.10. The van der Waals surface area contributed by atoms with Crippen molar-refractivity contribution in [3.05, 3.63) is 88.9 Å². The van der Waals surface area contributed by atoms with Crippen molar-refractivity contribution in [3.63, 3.8) is 0 Å². The van der Waals surface area contributed by atoms with Gasteiger partial charge in [0.1, 0.15) is 5.75 Å². The van der Waals surface area contributed by atoms with Crippen LogP contribution >= 0.6 is 15.9 Å². The maximum Gasteiger partial charge on any atom is 0.255 e. The van der Waals surface area contributed by atoms with Gasteiger partial charge in [-0.05, 0) is 48.2 Å². The molecule has 0 unspecified atom stereocenters. The molecule has 0 spiro atoms. The van der Waals surface area contributed by atoms with Gasteiger partial charge in [0.15, 0.2) is 0 Å². The lowest BCUT2D eigenvalue weighted by atomic mass is 9.83. The van der Waals surface area contributed by atoms with Crippen LogP contribution in [0.25, 0.3) is 0 Å². The molecule has 0 bridgehead atoms. The number of hydrogen-bond donors (Lipinski definition) is 0. The van der Waals surface area contributed by atoms with Gasteiger partial charge in [0.25, 0.3) is 5.91 Å². The van der Waals surface area contributed by atoms with E-state index in [1.807, 2.05) is 59.5 Å². The lowest BCUT2D eigenvalue weighted by Gasteiger charge is -2.38. The highest BCUT2D eigenvalue weighted by molar-refractivity contribution is 9.10. The molecule has 2 aromatic rings. The Bertz CT molecular complexity index is 849. The van der Waals surface area contributed by atoms with Gasteiger partial charge in [-0.3, -0.25) is 4.79 Å². The van der Waals surface area contributed by atoms with Crippen molar-refractivity contribution in [3.8, 4) is 5.75 Å². The summed E-state index contributed by atoms with van der Waals surface area (Å²) in [6, 6.07) is 13.8. The summed E-state index contributed by atoms with van der Waals surface area (Å²) in [5.74, 6) is 0.820. The van der Waals surface area contributed by atoms with Crippen molar-refractivity contribution in [1.82, 2.24) is 4.90 Å². The van der Waals surface area contributed by atoms with Gasteiger partial charge in [-0.15, -0.1) is 13.2 Å². The van der Waals surface area contributed by atoms with E-state index in [1.54, 1.807) is 7.11 Å². The maximum absolute atomic E-state index is 13.3. The molecule has 0 atom stereocenters. The van der Waals surface area contributed by atoms with E-state index in [0.29, 0.717) is 19.4 Å². The number of rotatable bonds is 7. The number of nitrogens with zero attached hydrogens (tertiary/aromatic N) is 1. The van der Waals surface area contributed by atoms with Gasteiger partial charge in [-0.25, -0.2) is 0 Å². The number of carbonyl (C=O) groups is 1. The topological polar surface area (TPSA) is 29.5 Å². The number of amides is 1. The molecule has 4 heteroatoms. The van der Waals surface area contributed by atoms with Gasteiger partial charge >= 0.3 is 0 Å². The van der Waals surface area contributed by atoms with Gasteiger partial charge < -0.3 is 9.64 Å². The lowest BCUT2D eigenvalue weighted by molar-refractivity contribution is 0.0525. The van der Waals surface area contributed by atoms with Crippen molar-refractivity contribution < 1.29 is 9.53 Å². The molecule has 0 aliphatic carbocycles. The van der Waals surface area contributed by atoms with Crippen molar-refractivity contribution >= 4 is 21.8 Å². The fourth-order valence-electron chi connectivity index (χ4n) is 3.76. The number of carbonyl (C=O) groups excluding carboxylic acids is 1. The third kappa shape index (κ3) is 3.10. The lowest BCUT2D eigenvalue weighted by Crippen LogP contribution is -2.42. The van der Waals surface area contributed by atoms with Crippen molar-refractivity contribution in [2.45, 2.75) is 24.9 Å². The summed E-state index contributed by atoms with van der Waals surface area (Å²) in [5, 5.41) is 0. The van der Waals surface area contributed by atoms with Crippen molar-refractivity contribution in [2.24, 2.45) is 0 Å². The first kappa shape index (κ1) is 18.5. The van der Waals surface area contributed by atoms with E-state index in [4.69, 9.17) is 4.74 Å². The van der Waals surface area contributed by atoms with E-state index in [1.165, 1.54) is 0 Å². The monoisotopic (exact) mass is 411 g/mol. The maximum atomic E-state index is 13.3. The molecule has 0 N–H and O–H groups in total. The zero-order valence-corrected chi connectivity index (χ0v) is 16.5. The standard InChI is InChI=1S/C22H22BrNO2/c1-4-11-22(12-5-2)20-10-9-17(23)14-19(20)21(25)24(22)15-16-7-6-8-18(13-16)26-3/h4-10,13-14H,1-2,11-12,15H2,3H3. The van der Waals surface area contributed by atoms with Crippen LogP contribution in [0.4, 0.5) is 0 Å².